The van der Waals surface area contributed by atoms with Crippen molar-refractivity contribution >= 4 is 6.09 Å². The molecule has 0 aromatic carbocycles. The van der Waals surface area contributed by atoms with E-state index < -0.39 is 0 Å². The third-order valence-corrected chi connectivity index (χ3v) is 2.11. The van der Waals surface area contributed by atoms with Crippen molar-refractivity contribution in [3.63, 3.8) is 0 Å². The number of carbonyl (C=O) groups is 1. The van der Waals surface area contributed by atoms with E-state index in [1.165, 1.54) is 0 Å². The van der Waals surface area contributed by atoms with Gasteiger partial charge in [0.2, 0.25) is 0 Å². The van der Waals surface area contributed by atoms with Crippen molar-refractivity contribution in [2.75, 3.05) is 19.8 Å². The number of nitrogens with zero attached hydrogens (tertiary/aromatic N) is 1. The maximum Gasteiger partial charge on any atom is 0.412 e. The molecule has 0 aromatic rings. The van der Waals surface area contributed by atoms with Crippen LogP contribution in [-0.4, -0.2) is 37.0 Å². The highest BCUT2D eigenvalue weighted by molar-refractivity contribution is 5.68. The van der Waals surface area contributed by atoms with Gasteiger partial charge in [0.05, 0.1) is 6.61 Å². The number of rotatable bonds is 3. The second kappa shape index (κ2) is 5.65. The topological polar surface area (TPSA) is 38.8 Å². The van der Waals surface area contributed by atoms with Gasteiger partial charge < -0.3 is 9.47 Å². The van der Waals surface area contributed by atoms with E-state index in [0.717, 1.165) is 19.4 Å². The first-order valence-electron chi connectivity index (χ1n) is 4.95. The van der Waals surface area contributed by atoms with Gasteiger partial charge >= 0.3 is 6.09 Å². The number of hydrogen-bond donors (Lipinski definition) is 0. The molecule has 1 amide bonds. The summed E-state index contributed by atoms with van der Waals surface area (Å²) in [6.07, 6.45) is 2.80. The molecule has 0 aromatic heterocycles. The van der Waals surface area contributed by atoms with Crippen molar-refractivity contribution in [3.05, 3.63) is 12.7 Å². The van der Waals surface area contributed by atoms with Gasteiger partial charge in [-0.25, -0.2) is 4.79 Å². The van der Waals surface area contributed by atoms with Crippen molar-refractivity contribution < 1.29 is 14.3 Å². The van der Waals surface area contributed by atoms with Gasteiger partial charge in [-0.2, -0.15) is 0 Å². The maximum atomic E-state index is 11.5. The summed E-state index contributed by atoms with van der Waals surface area (Å²) in [7, 11) is 0. The van der Waals surface area contributed by atoms with Gasteiger partial charge in [0, 0.05) is 6.54 Å². The molecule has 4 nitrogen and oxygen atoms in total. The van der Waals surface area contributed by atoms with Crippen molar-refractivity contribution in [1.29, 1.82) is 0 Å². The number of ether oxygens (including phenoxy) is 2. The molecule has 0 saturated carbocycles. The van der Waals surface area contributed by atoms with Crippen LogP contribution in [-0.2, 0) is 9.47 Å². The molecule has 14 heavy (non-hydrogen) atoms. The zero-order valence-electron chi connectivity index (χ0n) is 8.57. The van der Waals surface area contributed by atoms with Crippen LogP contribution in [0.15, 0.2) is 12.7 Å². The fourth-order valence-corrected chi connectivity index (χ4v) is 1.45. The van der Waals surface area contributed by atoms with Crippen LogP contribution in [0.25, 0.3) is 0 Å². The molecule has 1 heterocycles. The van der Waals surface area contributed by atoms with Crippen LogP contribution in [0.4, 0.5) is 4.79 Å². The third-order valence-electron chi connectivity index (χ3n) is 2.11. The van der Waals surface area contributed by atoms with E-state index >= 15 is 0 Å². The first-order valence-corrected chi connectivity index (χ1v) is 4.95. The van der Waals surface area contributed by atoms with Gasteiger partial charge in [0.1, 0.15) is 12.8 Å². The lowest BCUT2D eigenvalue weighted by Crippen LogP contribution is -2.46. The molecule has 0 N–H and O–H groups in total. The van der Waals surface area contributed by atoms with Gasteiger partial charge in [-0.15, -0.1) is 0 Å². The van der Waals surface area contributed by atoms with Gasteiger partial charge in [-0.1, -0.05) is 19.6 Å². The minimum Gasteiger partial charge on any atom is -0.445 e. The molecule has 1 rings (SSSR count). The normalized spacial score (nSPS) is 21.8. The molecule has 0 radical (unpaired) electrons. The van der Waals surface area contributed by atoms with Crippen molar-refractivity contribution in [2.45, 2.75) is 26.0 Å². The highest BCUT2D eigenvalue weighted by Gasteiger charge is 2.26. The fourth-order valence-electron chi connectivity index (χ4n) is 1.45. The molecular formula is C10H17NO3. The van der Waals surface area contributed by atoms with E-state index in [4.69, 9.17) is 9.47 Å². The smallest absolute Gasteiger partial charge is 0.412 e. The van der Waals surface area contributed by atoms with Crippen molar-refractivity contribution in [2.24, 2.45) is 0 Å². The molecule has 1 aliphatic heterocycles. The minimum atomic E-state index is -0.309. The minimum absolute atomic E-state index is 0.124. The van der Waals surface area contributed by atoms with Crippen LogP contribution < -0.4 is 0 Å². The standard InChI is InChI=1S/C10H17NO3/c1-3-7-14-10(12)11-6-5-8-13-9(11)4-2/h3,9H,1,4-8H2,2H3. The van der Waals surface area contributed by atoms with Crippen molar-refractivity contribution in [3.8, 4) is 0 Å². The summed E-state index contributed by atoms with van der Waals surface area (Å²) < 4.78 is 10.4. The lowest BCUT2D eigenvalue weighted by Gasteiger charge is -2.33. The number of amides is 1. The van der Waals surface area contributed by atoms with E-state index in [1.54, 1.807) is 11.0 Å². The first-order chi connectivity index (χ1) is 6.79. The summed E-state index contributed by atoms with van der Waals surface area (Å²) in [5, 5.41) is 0. The van der Waals surface area contributed by atoms with Crippen LogP contribution in [0.2, 0.25) is 0 Å². The molecular weight excluding hydrogens is 182 g/mol. The molecule has 1 atom stereocenters. The summed E-state index contributed by atoms with van der Waals surface area (Å²) in [6.45, 7) is 7.18. The molecule has 0 spiro atoms. The number of carbonyl (C=O) groups excluding carboxylic acids is 1. The molecule has 0 bridgehead atoms. The van der Waals surface area contributed by atoms with Gasteiger partial charge in [-0.05, 0) is 12.8 Å². The van der Waals surface area contributed by atoms with E-state index in [1.807, 2.05) is 6.92 Å². The first kappa shape index (κ1) is 11.0. The Morgan fingerprint density at radius 2 is 2.57 bits per heavy atom. The summed E-state index contributed by atoms with van der Waals surface area (Å²) in [5.41, 5.74) is 0. The van der Waals surface area contributed by atoms with Crippen LogP contribution >= 0.6 is 0 Å². The molecule has 1 saturated heterocycles. The SMILES string of the molecule is C=CCOC(=O)N1CCCOC1CC. The van der Waals surface area contributed by atoms with Crippen LogP contribution in [0.1, 0.15) is 19.8 Å². The maximum absolute atomic E-state index is 11.5. The molecule has 1 aliphatic rings. The Kier molecular flexibility index (Phi) is 4.46. The second-order valence-corrected chi connectivity index (χ2v) is 3.15. The Morgan fingerprint density at radius 3 is 3.21 bits per heavy atom. The molecule has 4 heteroatoms. The lowest BCUT2D eigenvalue weighted by atomic mass is 10.3. The van der Waals surface area contributed by atoms with Crippen LogP contribution in [0, 0.1) is 0 Å². The predicted octanol–water partition coefficient (Wildman–Crippen LogP) is 1.77. The predicted molar refractivity (Wildman–Crippen MR) is 52.9 cm³/mol. The third kappa shape index (κ3) is 2.73. The molecule has 80 valence electrons. The van der Waals surface area contributed by atoms with E-state index in [9.17, 15) is 4.79 Å². The summed E-state index contributed by atoms with van der Waals surface area (Å²) in [6, 6.07) is 0. The quantitative estimate of drug-likeness (QED) is 0.650. The fraction of sp³-hybridized carbons (Fsp3) is 0.700. The van der Waals surface area contributed by atoms with Crippen molar-refractivity contribution in [1.82, 2.24) is 4.90 Å². The Labute approximate surface area is 84.5 Å². The average molecular weight is 199 g/mol. The van der Waals surface area contributed by atoms with Crippen LogP contribution in [0.5, 0.6) is 0 Å². The monoisotopic (exact) mass is 199 g/mol. The number of hydrogen-bond acceptors (Lipinski definition) is 3. The Hall–Kier alpha value is -1.03. The molecule has 1 unspecified atom stereocenters. The highest BCUT2D eigenvalue weighted by Crippen LogP contribution is 2.14. The Morgan fingerprint density at radius 1 is 1.79 bits per heavy atom. The van der Waals surface area contributed by atoms with Crippen LogP contribution in [0.3, 0.4) is 0 Å². The zero-order chi connectivity index (χ0) is 10.4. The summed E-state index contributed by atoms with van der Waals surface area (Å²) in [4.78, 5) is 13.1. The zero-order valence-corrected chi connectivity index (χ0v) is 8.57. The van der Waals surface area contributed by atoms with E-state index in [2.05, 4.69) is 6.58 Å². The van der Waals surface area contributed by atoms with Gasteiger partial charge in [0.25, 0.3) is 0 Å². The molecule has 1 fully saturated rings. The van der Waals surface area contributed by atoms with E-state index in [-0.39, 0.29) is 18.9 Å². The van der Waals surface area contributed by atoms with Gasteiger partial charge in [-0.3, -0.25) is 4.90 Å². The molecule has 0 aliphatic carbocycles. The van der Waals surface area contributed by atoms with Gasteiger partial charge in [0.15, 0.2) is 0 Å². The average Bonchev–Trinajstić information content (AvgIpc) is 2.25. The lowest BCUT2D eigenvalue weighted by molar-refractivity contribution is -0.0854. The Bertz CT molecular complexity index is 206. The Balaban J connectivity index is 2.45. The van der Waals surface area contributed by atoms with E-state index in [0.29, 0.717) is 6.54 Å². The summed E-state index contributed by atoms with van der Waals surface area (Å²) >= 11 is 0. The highest BCUT2D eigenvalue weighted by atomic mass is 16.6. The summed E-state index contributed by atoms with van der Waals surface area (Å²) in [5.74, 6) is 0. The second-order valence-electron chi connectivity index (χ2n) is 3.15. The largest absolute Gasteiger partial charge is 0.445 e.